The van der Waals surface area contributed by atoms with E-state index in [9.17, 15) is 0 Å². The van der Waals surface area contributed by atoms with E-state index in [0.717, 1.165) is 29.6 Å². The predicted molar refractivity (Wildman–Crippen MR) is 106 cm³/mol. The third-order valence-electron chi connectivity index (χ3n) is 5.77. The molecule has 2 heteroatoms. The Labute approximate surface area is 153 Å². The number of aromatic nitrogens is 2. The van der Waals surface area contributed by atoms with E-state index in [1.165, 1.54) is 61.8 Å². The van der Waals surface area contributed by atoms with E-state index in [0.29, 0.717) is 0 Å². The van der Waals surface area contributed by atoms with Gasteiger partial charge < -0.3 is 0 Å². The van der Waals surface area contributed by atoms with Crippen LogP contribution in [0.2, 0.25) is 0 Å². The molecule has 0 fully saturated rings. The maximum absolute atomic E-state index is 4.89. The molecule has 0 radical (unpaired) electrons. The van der Waals surface area contributed by atoms with Gasteiger partial charge in [-0.3, -0.25) is 0 Å². The fraction of sp³-hybridized carbons (Fsp3) is 0.565. The zero-order chi connectivity index (χ0) is 17.6. The summed E-state index contributed by atoms with van der Waals surface area (Å²) in [6.07, 6.45) is 12.5. The van der Waals surface area contributed by atoms with E-state index < -0.39 is 0 Å². The molecule has 0 spiro atoms. The maximum atomic E-state index is 4.89. The maximum Gasteiger partial charge on any atom is 0.159 e. The topological polar surface area (TPSA) is 25.8 Å². The molecule has 2 nitrogen and oxygen atoms in total. The quantitative estimate of drug-likeness (QED) is 0.605. The first-order chi connectivity index (χ1) is 12.2. The molecule has 25 heavy (non-hydrogen) atoms. The highest BCUT2D eigenvalue weighted by Crippen LogP contribution is 2.32. The van der Waals surface area contributed by atoms with Crippen LogP contribution in [0.3, 0.4) is 0 Å². The zero-order valence-electron chi connectivity index (χ0n) is 16.1. The van der Waals surface area contributed by atoms with Crippen molar-refractivity contribution < 1.29 is 0 Å². The van der Waals surface area contributed by atoms with Crippen molar-refractivity contribution in [2.75, 3.05) is 0 Å². The Kier molecular flexibility index (Phi) is 6.23. The minimum absolute atomic E-state index is 0.822. The lowest BCUT2D eigenvalue weighted by Crippen LogP contribution is -2.19. The first-order valence-electron chi connectivity index (χ1n) is 10.1. The monoisotopic (exact) mass is 336 g/mol. The first-order valence-corrected chi connectivity index (χ1v) is 10.1. The Morgan fingerprint density at radius 3 is 2.68 bits per heavy atom. The molecule has 0 N–H and O–H groups in total. The Morgan fingerprint density at radius 1 is 1.16 bits per heavy atom. The largest absolute Gasteiger partial charge is 0.236 e. The van der Waals surface area contributed by atoms with Gasteiger partial charge in [0.1, 0.15) is 0 Å². The van der Waals surface area contributed by atoms with Crippen LogP contribution in [0, 0.1) is 18.8 Å². The second-order valence-electron chi connectivity index (χ2n) is 7.79. The fourth-order valence-corrected chi connectivity index (χ4v) is 4.08. The molecule has 3 rings (SSSR count). The van der Waals surface area contributed by atoms with Gasteiger partial charge in [-0.15, -0.1) is 0 Å². The summed E-state index contributed by atoms with van der Waals surface area (Å²) in [6, 6.07) is 8.52. The van der Waals surface area contributed by atoms with Crippen LogP contribution in [0.15, 0.2) is 30.5 Å². The fourth-order valence-electron chi connectivity index (χ4n) is 4.08. The summed E-state index contributed by atoms with van der Waals surface area (Å²) in [6.45, 7) is 6.77. The average molecular weight is 337 g/mol. The minimum Gasteiger partial charge on any atom is -0.236 e. The lowest BCUT2D eigenvalue weighted by molar-refractivity contribution is 0.311. The van der Waals surface area contributed by atoms with Crippen LogP contribution in [-0.4, -0.2) is 9.97 Å². The van der Waals surface area contributed by atoms with Gasteiger partial charge in [-0.25, -0.2) is 9.97 Å². The predicted octanol–water partition coefficient (Wildman–Crippen LogP) is 6.16. The molecule has 2 atom stereocenters. The number of rotatable bonds is 7. The molecule has 0 saturated heterocycles. The van der Waals surface area contributed by atoms with Crippen molar-refractivity contribution in [3.8, 4) is 11.4 Å². The van der Waals surface area contributed by atoms with Crippen LogP contribution >= 0.6 is 0 Å². The molecule has 1 aromatic carbocycles. The minimum atomic E-state index is 0.822. The molecule has 2 aromatic rings. The number of benzene rings is 1. The van der Waals surface area contributed by atoms with Gasteiger partial charge in [-0.1, -0.05) is 69.4 Å². The zero-order valence-corrected chi connectivity index (χ0v) is 16.1. The number of fused-ring (bicyclic) bond motifs is 1. The third kappa shape index (κ3) is 4.68. The second kappa shape index (κ2) is 8.60. The summed E-state index contributed by atoms with van der Waals surface area (Å²) >= 11 is 0. The lowest BCUT2D eigenvalue weighted by atomic mass is 9.79. The van der Waals surface area contributed by atoms with Gasteiger partial charge in [0, 0.05) is 17.5 Å². The van der Waals surface area contributed by atoms with E-state index in [1.54, 1.807) is 0 Å². The summed E-state index contributed by atoms with van der Waals surface area (Å²) in [5.74, 6) is 2.61. The van der Waals surface area contributed by atoms with Crippen molar-refractivity contribution in [3.63, 3.8) is 0 Å². The SMILES string of the molecule is CCCCC(CC)CC1CCc2nc(-c3ccc(C)cc3)ncc2C1. The lowest BCUT2D eigenvalue weighted by Gasteiger charge is -2.27. The molecule has 134 valence electrons. The Morgan fingerprint density at radius 2 is 1.96 bits per heavy atom. The molecule has 1 aliphatic rings. The van der Waals surface area contributed by atoms with Crippen molar-refractivity contribution in [1.82, 2.24) is 9.97 Å². The van der Waals surface area contributed by atoms with E-state index >= 15 is 0 Å². The normalized spacial score (nSPS) is 18.0. The van der Waals surface area contributed by atoms with Gasteiger partial charge in [-0.05, 0) is 50.0 Å². The standard InChI is InChI=1S/C23H32N2/c1-4-6-7-18(5-2)14-19-10-13-22-21(15-19)16-24-23(25-22)20-11-8-17(3)9-12-20/h8-9,11-12,16,18-19H,4-7,10,13-15H2,1-3H3. The van der Waals surface area contributed by atoms with Crippen LogP contribution < -0.4 is 0 Å². The molecule has 2 unspecified atom stereocenters. The van der Waals surface area contributed by atoms with E-state index in [1.807, 2.05) is 0 Å². The summed E-state index contributed by atoms with van der Waals surface area (Å²) in [5, 5.41) is 0. The molecule has 0 bridgehead atoms. The van der Waals surface area contributed by atoms with Crippen molar-refractivity contribution in [3.05, 3.63) is 47.3 Å². The summed E-state index contributed by atoms with van der Waals surface area (Å²) in [7, 11) is 0. The highest BCUT2D eigenvalue weighted by Gasteiger charge is 2.23. The van der Waals surface area contributed by atoms with Gasteiger partial charge in [0.2, 0.25) is 0 Å². The number of hydrogen-bond acceptors (Lipinski definition) is 2. The van der Waals surface area contributed by atoms with Crippen LogP contribution in [0.25, 0.3) is 11.4 Å². The summed E-state index contributed by atoms with van der Waals surface area (Å²) in [4.78, 5) is 9.55. The summed E-state index contributed by atoms with van der Waals surface area (Å²) in [5.41, 5.74) is 5.07. The molecule has 0 amide bonds. The molecular weight excluding hydrogens is 304 g/mol. The van der Waals surface area contributed by atoms with E-state index in [-0.39, 0.29) is 0 Å². The highest BCUT2D eigenvalue weighted by atomic mass is 14.9. The van der Waals surface area contributed by atoms with Gasteiger partial charge >= 0.3 is 0 Å². The molecule has 0 saturated carbocycles. The van der Waals surface area contributed by atoms with E-state index in [4.69, 9.17) is 4.98 Å². The third-order valence-corrected chi connectivity index (χ3v) is 5.77. The van der Waals surface area contributed by atoms with Crippen LogP contribution in [0.5, 0.6) is 0 Å². The van der Waals surface area contributed by atoms with Crippen LogP contribution in [0.4, 0.5) is 0 Å². The number of hydrogen-bond donors (Lipinski definition) is 0. The van der Waals surface area contributed by atoms with Gasteiger partial charge in [0.25, 0.3) is 0 Å². The van der Waals surface area contributed by atoms with Gasteiger partial charge in [-0.2, -0.15) is 0 Å². The van der Waals surface area contributed by atoms with Gasteiger partial charge in [0.15, 0.2) is 5.82 Å². The Balaban J connectivity index is 1.67. The molecule has 1 aromatic heterocycles. The second-order valence-corrected chi connectivity index (χ2v) is 7.79. The number of nitrogens with zero attached hydrogens (tertiary/aromatic N) is 2. The first kappa shape index (κ1) is 18.1. The van der Waals surface area contributed by atoms with Crippen LogP contribution in [0.1, 0.15) is 69.2 Å². The molecular formula is C23H32N2. The molecule has 0 aliphatic heterocycles. The van der Waals surface area contributed by atoms with Crippen molar-refractivity contribution in [2.45, 2.75) is 72.1 Å². The van der Waals surface area contributed by atoms with Gasteiger partial charge in [0.05, 0.1) is 0 Å². The average Bonchev–Trinajstić information content (AvgIpc) is 2.65. The van der Waals surface area contributed by atoms with Crippen molar-refractivity contribution in [2.24, 2.45) is 11.8 Å². The smallest absolute Gasteiger partial charge is 0.159 e. The number of aryl methyl sites for hydroxylation is 2. The van der Waals surface area contributed by atoms with Crippen molar-refractivity contribution >= 4 is 0 Å². The van der Waals surface area contributed by atoms with E-state index in [2.05, 4.69) is 56.2 Å². The summed E-state index contributed by atoms with van der Waals surface area (Å²) < 4.78 is 0. The van der Waals surface area contributed by atoms with Crippen molar-refractivity contribution in [1.29, 1.82) is 0 Å². The molecule has 1 aliphatic carbocycles. The van der Waals surface area contributed by atoms with Crippen LogP contribution in [-0.2, 0) is 12.8 Å². The highest BCUT2D eigenvalue weighted by molar-refractivity contribution is 5.55. The Hall–Kier alpha value is -1.70. The molecule has 1 heterocycles. The Bertz CT molecular complexity index is 675. The number of unbranched alkanes of at least 4 members (excludes halogenated alkanes) is 1.